The summed E-state index contributed by atoms with van der Waals surface area (Å²) in [7, 11) is 0. The molecule has 0 aliphatic heterocycles. The van der Waals surface area contributed by atoms with E-state index < -0.39 is 18.1 Å². The van der Waals surface area contributed by atoms with Crippen LogP contribution >= 0.6 is 12.4 Å². The molecule has 1 aliphatic rings. The van der Waals surface area contributed by atoms with E-state index in [4.69, 9.17) is 5.73 Å². The molecule has 0 aromatic carbocycles. The predicted octanol–water partition coefficient (Wildman–Crippen LogP) is 1.36. The molecule has 0 heterocycles. The summed E-state index contributed by atoms with van der Waals surface area (Å²) in [5.41, 5.74) is 4.74. The van der Waals surface area contributed by atoms with Crippen LogP contribution in [0.15, 0.2) is 0 Å². The van der Waals surface area contributed by atoms with Gasteiger partial charge in [0.1, 0.15) is 0 Å². The van der Waals surface area contributed by atoms with Crippen molar-refractivity contribution in [2.75, 3.05) is 0 Å². The Bertz CT molecular complexity index is 216. The number of rotatable bonds is 2. The third-order valence-corrected chi connectivity index (χ3v) is 2.34. The lowest BCUT2D eigenvalue weighted by Gasteiger charge is -2.18. The molecule has 0 saturated heterocycles. The van der Waals surface area contributed by atoms with Gasteiger partial charge in [-0.15, -0.1) is 12.4 Å². The van der Waals surface area contributed by atoms with Gasteiger partial charge in [0.25, 0.3) is 0 Å². The van der Waals surface area contributed by atoms with Crippen LogP contribution in [-0.2, 0) is 4.79 Å². The number of carbonyl (C=O) groups is 1. The number of hydrogen-bond acceptors (Lipinski definition) is 2. The molecule has 1 fully saturated rings. The highest BCUT2D eigenvalue weighted by Gasteiger charge is 2.42. The van der Waals surface area contributed by atoms with Gasteiger partial charge in [-0.2, -0.15) is 13.2 Å². The van der Waals surface area contributed by atoms with Crippen LogP contribution in [0.25, 0.3) is 0 Å². The van der Waals surface area contributed by atoms with Gasteiger partial charge < -0.3 is 11.1 Å². The van der Waals surface area contributed by atoms with Gasteiger partial charge in [-0.25, -0.2) is 0 Å². The SMILES string of the molecule is Cl.NC(C(=O)NC1CCCC1)C(F)(F)F. The Balaban J connectivity index is 0.00000196. The fraction of sp³-hybridized carbons (Fsp3) is 0.875. The van der Waals surface area contributed by atoms with Crippen molar-refractivity contribution in [3.05, 3.63) is 0 Å². The number of nitrogens with one attached hydrogen (secondary N) is 1. The van der Waals surface area contributed by atoms with Crippen molar-refractivity contribution in [1.29, 1.82) is 0 Å². The highest BCUT2D eigenvalue weighted by Crippen LogP contribution is 2.21. The Hall–Kier alpha value is -0.490. The highest BCUT2D eigenvalue weighted by molar-refractivity contribution is 5.85. The number of nitrogens with two attached hydrogens (primary N) is 1. The van der Waals surface area contributed by atoms with Crippen LogP contribution in [0.4, 0.5) is 13.2 Å². The summed E-state index contributed by atoms with van der Waals surface area (Å²) in [5, 5.41) is 2.30. The second kappa shape index (κ2) is 5.55. The minimum Gasteiger partial charge on any atom is -0.352 e. The lowest BCUT2D eigenvalue weighted by atomic mass is 10.2. The maximum Gasteiger partial charge on any atom is 0.412 e. The van der Waals surface area contributed by atoms with Crippen LogP contribution in [0.1, 0.15) is 25.7 Å². The number of carbonyl (C=O) groups excluding carboxylic acids is 1. The van der Waals surface area contributed by atoms with E-state index in [1.807, 2.05) is 0 Å². The summed E-state index contributed by atoms with van der Waals surface area (Å²) < 4.78 is 36.0. The summed E-state index contributed by atoms with van der Waals surface area (Å²) in [4.78, 5) is 11.0. The lowest BCUT2D eigenvalue weighted by molar-refractivity contribution is -0.163. The highest BCUT2D eigenvalue weighted by atomic mass is 35.5. The van der Waals surface area contributed by atoms with E-state index in [0.29, 0.717) is 0 Å². The van der Waals surface area contributed by atoms with E-state index in [1.165, 1.54) is 0 Å². The quantitative estimate of drug-likeness (QED) is 0.773. The fourth-order valence-electron chi connectivity index (χ4n) is 1.51. The monoisotopic (exact) mass is 246 g/mol. The Morgan fingerprint density at radius 1 is 1.33 bits per heavy atom. The third-order valence-electron chi connectivity index (χ3n) is 2.34. The first-order chi connectivity index (χ1) is 6.41. The van der Waals surface area contributed by atoms with Gasteiger partial charge in [-0.1, -0.05) is 12.8 Å². The maximum atomic E-state index is 12.0. The Morgan fingerprint density at radius 2 is 1.80 bits per heavy atom. The number of alkyl halides is 3. The Morgan fingerprint density at radius 3 is 2.20 bits per heavy atom. The minimum atomic E-state index is -4.65. The van der Waals surface area contributed by atoms with E-state index >= 15 is 0 Å². The minimum absolute atomic E-state index is 0. The zero-order valence-corrected chi connectivity index (χ0v) is 8.83. The van der Waals surface area contributed by atoms with E-state index in [9.17, 15) is 18.0 Å². The van der Waals surface area contributed by atoms with E-state index in [1.54, 1.807) is 0 Å². The first-order valence-corrected chi connectivity index (χ1v) is 4.54. The zero-order chi connectivity index (χ0) is 10.8. The molecule has 1 rings (SSSR count). The number of halogens is 4. The van der Waals surface area contributed by atoms with Crippen molar-refractivity contribution in [3.63, 3.8) is 0 Å². The van der Waals surface area contributed by atoms with Crippen LogP contribution in [0.2, 0.25) is 0 Å². The van der Waals surface area contributed by atoms with Crippen LogP contribution in [-0.4, -0.2) is 24.2 Å². The second-order valence-electron chi connectivity index (χ2n) is 3.51. The van der Waals surface area contributed by atoms with Gasteiger partial charge in [-0.3, -0.25) is 4.79 Å². The summed E-state index contributed by atoms with van der Waals surface area (Å²) >= 11 is 0. The summed E-state index contributed by atoms with van der Waals surface area (Å²) in [6.45, 7) is 0. The summed E-state index contributed by atoms with van der Waals surface area (Å²) in [6, 6.07) is -2.53. The topological polar surface area (TPSA) is 55.1 Å². The smallest absolute Gasteiger partial charge is 0.352 e. The van der Waals surface area contributed by atoms with Gasteiger partial charge in [0.15, 0.2) is 6.04 Å². The molecule has 0 spiro atoms. The zero-order valence-electron chi connectivity index (χ0n) is 8.01. The molecule has 7 heteroatoms. The first-order valence-electron chi connectivity index (χ1n) is 4.54. The molecule has 3 N–H and O–H groups in total. The molecular formula is C8H14ClF3N2O. The molecular weight excluding hydrogens is 233 g/mol. The second-order valence-corrected chi connectivity index (χ2v) is 3.51. The van der Waals surface area contributed by atoms with Gasteiger partial charge in [0, 0.05) is 6.04 Å². The molecule has 0 aromatic heterocycles. The van der Waals surface area contributed by atoms with Gasteiger partial charge >= 0.3 is 6.18 Å². The van der Waals surface area contributed by atoms with Crippen LogP contribution in [0, 0.1) is 0 Å². The molecule has 15 heavy (non-hydrogen) atoms. The maximum absolute atomic E-state index is 12.0. The number of hydrogen-bond donors (Lipinski definition) is 2. The third kappa shape index (κ3) is 4.25. The average Bonchev–Trinajstić information content (AvgIpc) is 2.53. The molecule has 0 aromatic rings. The first kappa shape index (κ1) is 14.5. The largest absolute Gasteiger partial charge is 0.412 e. The summed E-state index contributed by atoms with van der Waals surface area (Å²) in [5.74, 6) is -1.12. The fourth-order valence-corrected chi connectivity index (χ4v) is 1.51. The summed E-state index contributed by atoms with van der Waals surface area (Å²) in [6.07, 6.45) is -1.26. The molecule has 0 radical (unpaired) electrons. The molecule has 1 atom stereocenters. The molecule has 1 aliphatic carbocycles. The van der Waals surface area contributed by atoms with E-state index in [2.05, 4.69) is 5.32 Å². The van der Waals surface area contributed by atoms with Crippen molar-refractivity contribution in [2.45, 2.75) is 43.9 Å². The van der Waals surface area contributed by atoms with E-state index in [-0.39, 0.29) is 18.4 Å². The van der Waals surface area contributed by atoms with Gasteiger partial charge in [0.05, 0.1) is 0 Å². The molecule has 0 bridgehead atoms. The van der Waals surface area contributed by atoms with Crippen LogP contribution in [0.3, 0.4) is 0 Å². The van der Waals surface area contributed by atoms with Crippen molar-refractivity contribution in [3.8, 4) is 0 Å². The predicted molar refractivity (Wildman–Crippen MR) is 51.7 cm³/mol. The average molecular weight is 247 g/mol. The van der Waals surface area contributed by atoms with Crippen LogP contribution < -0.4 is 11.1 Å². The van der Waals surface area contributed by atoms with E-state index in [0.717, 1.165) is 25.7 Å². The Labute approximate surface area is 92.0 Å². The van der Waals surface area contributed by atoms with Crippen LogP contribution in [0.5, 0.6) is 0 Å². The molecule has 3 nitrogen and oxygen atoms in total. The molecule has 1 unspecified atom stereocenters. The van der Waals surface area contributed by atoms with Gasteiger partial charge in [-0.05, 0) is 12.8 Å². The standard InChI is InChI=1S/C8H13F3N2O.ClH/c9-8(10,11)6(12)7(14)13-5-3-1-2-4-5;/h5-6H,1-4,12H2,(H,13,14);1H. The Kier molecular flexibility index (Phi) is 5.37. The molecule has 1 saturated carbocycles. The van der Waals surface area contributed by atoms with Gasteiger partial charge in [0.2, 0.25) is 5.91 Å². The lowest BCUT2D eigenvalue weighted by Crippen LogP contribution is -2.52. The normalized spacial score (nSPS) is 19.5. The molecule has 90 valence electrons. The van der Waals surface area contributed by atoms with Crippen molar-refractivity contribution >= 4 is 18.3 Å². The molecule has 1 amide bonds. The van der Waals surface area contributed by atoms with Crippen molar-refractivity contribution < 1.29 is 18.0 Å². The number of amides is 1. The van der Waals surface area contributed by atoms with Crippen molar-refractivity contribution in [2.24, 2.45) is 5.73 Å². The van der Waals surface area contributed by atoms with Crippen molar-refractivity contribution in [1.82, 2.24) is 5.32 Å².